The van der Waals surface area contributed by atoms with E-state index in [1.54, 1.807) is 0 Å². The second-order valence-electron chi connectivity index (χ2n) is 2.40. The normalized spacial score (nSPS) is 10.2. The molecule has 0 aliphatic heterocycles. The summed E-state index contributed by atoms with van der Waals surface area (Å²) in [6.07, 6.45) is 3.76. The topological polar surface area (TPSA) is 29.5 Å². The number of ether oxygens (including phenoxy) is 1. The van der Waals surface area contributed by atoms with Gasteiger partial charge in [0.15, 0.2) is 0 Å². The molecule has 0 bridgehead atoms. The van der Waals surface area contributed by atoms with Gasteiger partial charge in [0.2, 0.25) is 0 Å². The van der Waals surface area contributed by atoms with Gasteiger partial charge in [-0.15, -0.1) is 0 Å². The van der Waals surface area contributed by atoms with Crippen molar-refractivity contribution in [2.24, 2.45) is 0 Å². The van der Waals surface area contributed by atoms with E-state index in [4.69, 9.17) is 4.74 Å². The molecule has 0 aromatic rings. The number of rotatable bonds is 3. The zero-order valence-electron chi connectivity index (χ0n) is 7.48. The van der Waals surface area contributed by atoms with Crippen LogP contribution in [0.15, 0.2) is 0 Å². The molecule has 0 saturated carbocycles. The molecule has 0 radical (unpaired) electrons. The maximum absolute atomic E-state index is 9.60. The Morgan fingerprint density at radius 1 is 1.27 bits per heavy atom. The molecule has 0 fully saturated rings. The van der Waals surface area contributed by atoms with Gasteiger partial charge in [0.1, 0.15) is 11.7 Å². The van der Waals surface area contributed by atoms with Gasteiger partial charge < -0.3 is 9.84 Å². The summed E-state index contributed by atoms with van der Waals surface area (Å²) in [6.45, 7) is 6.25. The highest BCUT2D eigenvalue weighted by Crippen LogP contribution is 2.12. The molecule has 0 spiro atoms. The molecule has 0 amide bonds. The maximum Gasteiger partial charge on any atom is 0.128 e. The Bertz CT molecular complexity index is 149. The highest BCUT2D eigenvalue weighted by molar-refractivity contribution is 5.09. The molecule has 0 unspecified atom stereocenters. The second-order valence-corrected chi connectivity index (χ2v) is 2.40. The molecule has 0 heterocycles. The average molecular weight is 156 g/mol. The minimum absolute atomic E-state index is 0.566. The summed E-state index contributed by atoms with van der Waals surface area (Å²) in [5.74, 6) is 2.68. The van der Waals surface area contributed by atoms with Gasteiger partial charge >= 0.3 is 0 Å². The predicted molar refractivity (Wildman–Crippen MR) is 44.9 cm³/mol. The van der Waals surface area contributed by atoms with E-state index in [2.05, 4.69) is 12.0 Å². The lowest BCUT2D eigenvalue weighted by atomic mass is 9.99. The van der Waals surface area contributed by atoms with Gasteiger partial charge in [0.05, 0.1) is 6.61 Å². The van der Waals surface area contributed by atoms with Crippen LogP contribution in [0.4, 0.5) is 0 Å². The minimum atomic E-state index is -0.852. The molecule has 0 aliphatic rings. The fraction of sp³-hybridized carbons (Fsp3) is 0.778. The first kappa shape index (κ1) is 10.3. The molecule has 0 rings (SSSR count). The monoisotopic (exact) mass is 156 g/mol. The SMILES string of the molecule is CCOC#CC(O)(CC)CC. The first-order valence-electron chi connectivity index (χ1n) is 4.04. The molecule has 0 aliphatic carbocycles. The Hall–Kier alpha value is -0.680. The lowest BCUT2D eigenvalue weighted by Gasteiger charge is -2.16. The molecule has 64 valence electrons. The van der Waals surface area contributed by atoms with E-state index >= 15 is 0 Å². The lowest BCUT2D eigenvalue weighted by molar-refractivity contribution is 0.0916. The highest BCUT2D eigenvalue weighted by Gasteiger charge is 2.18. The van der Waals surface area contributed by atoms with Crippen LogP contribution in [0.1, 0.15) is 33.6 Å². The fourth-order valence-electron chi connectivity index (χ4n) is 0.630. The van der Waals surface area contributed by atoms with Crippen molar-refractivity contribution >= 4 is 0 Å². The standard InChI is InChI=1S/C9H16O2/c1-4-9(10,5-2)7-8-11-6-3/h10H,4-6H2,1-3H3. The van der Waals surface area contributed by atoms with Crippen molar-refractivity contribution in [2.75, 3.05) is 6.61 Å². The molecular formula is C9H16O2. The highest BCUT2D eigenvalue weighted by atomic mass is 16.5. The molecule has 2 heteroatoms. The fourth-order valence-corrected chi connectivity index (χ4v) is 0.630. The molecule has 0 saturated heterocycles. The number of hydrogen-bond donors (Lipinski definition) is 1. The van der Waals surface area contributed by atoms with Crippen molar-refractivity contribution < 1.29 is 9.84 Å². The Morgan fingerprint density at radius 2 is 1.82 bits per heavy atom. The maximum atomic E-state index is 9.60. The largest absolute Gasteiger partial charge is 0.447 e. The molecule has 11 heavy (non-hydrogen) atoms. The minimum Gasteiger partial charge on any atom is -0.447 e. The van der Waals surface area contributed by atoms with E-state index in [9.17, 15) is 5.11 Å². The summed E-state index contributed by atoms with van der Waals surface area (Å²) in [5.41, 5.74) is -0.852. The van der Waals surface area contributed by atoms with Crippen LogP contribution in [0.25, 0.3) is 0 Å². The van der Waals surface area contributed by atoms with Gasteiger partial charge in [-0.1, -0.05) is 13.8 Å². The summed E-state index contributed by atoms with van der Waals surface area (Å²) in [7, 11) is 0. The van der Waals surface area contributed by atoms with Crippen LogP contribution >= 0.6 is 0 Å². The van der Waals surface area contributed by atoms with Crippen LogP contribution in [0.5, 0.6) is 0 Å². The van der Waals surface area contributed by atoms with Crippen molar-refractivity contribution in [3.63, 3.8) is 0 Å². The second kappa shape index (κ2) is 5.03. The van der Waals surface area contributed by atoms with Crippen LogP contribution in [0, 0.1) is 12.0 Å². The van der Waals surface area contributed by atoms with E-state index < -0.39 is 5.60 Å². The zero-order valence-corrected chi connectivity index (χ0v) is 7.48. The summed E-state index contributed by atoms with van der Waals surface area (Å²) >= 11 is 0. The van der Waals surface area contributed by atoms with E-state index in [1.165, 1.54) is 0 Å². The van der Waals surface area contributed by atoms with E-state index in [0.29, 0.717) is 19.4 Å². The summed E-state index contributed by atoms with van der Waals surface area (Å²) < 4.78 is 4.81. The van der Waals surface area contributed by atoms with Gasteiger partial charge in [-0.05, 0) is 25.7 Å². The first-order valence-corrected chi connectivity index (χ1v) is 4.04. The van der Waals surface area contributed by atoms with Crippen molar-refractivity contribution in [3.8, 4) is 12.0 Å². The third-order valence-corrected chi connectivity index (χ3v) is 1.67. The summed E-state index contributed by atoms with van der Waals surface area (Å²) in [6, 6.07) is 0. The summed E-state index contributed by atoms with van der Waals surface area (Å²) in [5, 5.41) is 9.60. The van der Waals surface area contributed by atoms with Crippen LogP contribution < -0.4 is 0 Å². The Labute approximate surface area is 68.6 Å². The van der Waals surface area contributed by atoms with E-state index in [1.807, 2.05) is 20.8 Å². The van der Waals surface area contributed by atoms with Gasteiger partial charge in [0.25, 0.3) is 0 Å². The molecular weight excluding hydrogens is 140 g/mol. The Kier molecular flexibility index (Phi) is 4.72. The van der Waals surface area contributed by atoms with Crippen molar-refractivity contribution in [3.05, 3.63) is 0 Å². The molecule has 0 atom stereocenters. The van der Waals surface area contributed by atoms with Crippen LogP contribution in [0.3, 0.4) is 0 Å². The zero-order chi connectivity index (χ0) is 8.74. The quantitative estimate of drug-likeness (QED) is 0.628. The lowest BCUT2D eigenvalue weighted by Crippen LogP contribution is -2.23. The van der Waals surface area contributed by atoms with Crippen LogP contribution in [0.2, 0.25) is 0 Å². The molecule has 1 N–H and O–H groups in total. The number of hydrogen-bond acceptors (Lipinski definition) is 2. The predicted octanol–water partition coefficient (Wildman–Crippen LogP) is 1.53. The smallest absolute Gasteiger partial charge is 0.128 e. The van der Waals surface area contributed by atoms with Crippen molar-refractivity contribution in [1.29, 1.82) is 0 Å². The Morgan fingerprint density at radius 3 is 2.18 bits per heavy atom. The van der Waals surface area contributed by atoms with Gasteiger partial charge in [-0.2, -0.15) is 0 Å². The van der Waals surface area contributed by atoms with Gasteiger partial charge in [-0.25, -0.2) is 0 Å². The average Bonchev–Trinajstić information content (AvgIpc) is 2.05. The van der Waals surface area contributed by atoms with E-state index in [-0.39, 0.29) is 0 Å². The van der Waals surface area contributed by atoms with Gasteiger partial charge in [0, 0.05) is 0 Å². The summed E-state index contributed by atoms with van der Waals surface area (Å²) in [4.78, 5) is 0. The third kappa shape index (κ3) is 3.90. The Balaban J connectivity index is 3.98. The van der Waals surface area contributed by atoms with Crippen molar-refractivity contribution in [2.45, 2.75) is 39.2 Å². The third-order valence-electron chi connectivity index (χ3n) is 1.67. The molecule has 2 nitrogen and oxygen atoms in total. The van der Waals surface area contributed by atoms with Crippen LogP contribution in [-0.2, 0) is 4.74 Å². The molecule has 0 aromatic carbocycles. The molecule has 0 aromatic heterocycles. The van der Waals surface area contributed by atoms with Gasteiger partial charge in [-0.3, -0.25) is 0 Å². The first-order chi connectivity index (χ1) is 5.18. The van der Waals surface area contributed by atoms with E-state index in [0.717, 1.165) is 0 Å². The van der Waals surface area contributed by atoms with Crippen LogP contribution in [-0.4, -0.2) is 17.3 Å². The van der Waals surface area contributed by atoms with Crippen molar-refractivity contribution in [1.82, 2.24) is 0 Å². The number of aliphatic hydroxyl groups is 1.